The van der Waals surface area contributed by atoms with Gasteiger partial charge in [-0.1, -0.05) is 0 Å². The molecule has 32 heavy (non-hydrogen) atoms. The minimum Gasteiger partial charge on any atom is -0.497 e. The van der Waals surface area contributed by atoms with E-state index in [0.717, 1.165) is 16.1 Å². The van der Waals surface area contributed by atoms with Crippen LogP contribution in [-0.4, -0.2) is 61.6 Å². The van der Waals surface area contributed by atoms with Crippen LogP contribution in [-0.2, 0) is 9.53 Å². The van der Waals surface area contributed by atoms with Gasteiger partial charge in [0.25, 0.3) is 11.6 Å². The van der Waals surface area contributed by atoms with Gasteiger partial charge in [0, 0.05) is 54.1 Å². The van der Waals surface area contributed by atoms with Crippen molar-refractivity contribution in [3.8, 4) is 5.75 Å². The summed E-state index contributed by atoms with van der Waals surface area (Å²) in [6.45, 7) is 2.10. The third kappa shape index (κ3) is 4.65. The molecule has 3 aromatic rings. The molecule has 4 rings (SSSR count). The first-order chi connectivity index (χ1) is 15.4. The van der Waals surface area contributed by atoms with Gasteiger partial charge in [-0.2, -0.15) is 0 Å². The first-order valence-electron chi connectivity index (χ1n) is 9.96. The van der Waals surface area contributed by atoms with Gasteiger partial charge in [-0.25, -0.2) is 4.79 Å². The Morgan fingerprint density at radius 2 is 1.78 bits per heavy atom. The van der Waals surface area contributed by atoms with E-state index in [1.54, 1.807) is 24.1 Å². The molecule has 2 aromatic carbocycles. The van der Waals surface area contributed by atoms with Crippen LogP contribution in [0.15, 0.2) is 48.5 Å². The van der Waals surface area contributed by atoms with Gasteiger partial charge in [-0.3, -0.25) is 14.9 Å². The summed E-state index contributed by atoms with van der Waals surface area (Å²) in [4.78, 5) is 39.5. The number of ether oxygens (including phenoxy) is 2. The molecule has 0 aliphatic carbocycles. The molecule has 9 nitrogen and oxygen atoms in total. The number of carbonyl (C=O) groups is 2. The largest absolute Gasteiger partial charge is 0.497 e. The summed E-state index contributed by atoms with van der Waals surface area (Å²) in [6, 6.07) is 13.7. The Balaban J connectivity index is 1.29. The molecule has 1 aromatic heterocycles. The zero-order valence-corrected chi connectivity index (χ0v) is 18.2. The maximum absolute atomic E-state index is 12.5. The third-order valence-electron chi connectivity index (χ3n) is 5.31. The van der Waals surface area contributed by atoms with Crippen LogP contribution < -0.4 is 9.64 Å². The summed E-state index contributed by atoms with van der Waals surface area (Å²) in [5.41, 5.74) is 1.02. The molecule has 2 heterocycles. The second-order valence-corrected chi connectivity index (χ2v) is 8.32. The molecule has 0 atom stereocenters. The molecule has 1 aliphatic heterocycles. The van der Waals surface area contributed by atoms with Crippen LogP contribution >= 0.6 is 11.3 Å². The number of nitrogens with zero attached hydrogens (tertiary/aromatic N) is 3. The number of non-ortho nitro benzene ring substituents is 1. The number of nitro benzene ring substituents is 1. The van der Waals surface area contributed by atoms with Crippen molar-refractivity contribution in [1.82, 2.24) is 4.90 Å². The van der Waals surface area contributed by atoms with Gasteiger partial charge in [0.2, 0.25) is 0 Å². The third-order valence-corrected chi connectivity index (χ3v) is 6.40. The van der Waals surface area contributed by atoms with E-state index < -0.39 is 10.9 Å². The Morgan fingerprint density at radius 1 is 1.06 bits per heavy atom. The van der Waals surface area contributed by atoms with Gasteiger partial charge in [0.1, 0.15) is 10.6 Å². The van der Waals surface area contributed by atoms with Gasteiger partial charge in [-0.05, 0) is 36.4 Å². The minimum absolute atomic E-state index is 0.0424. The molecule has 1 amide bonds. The minimum atomic E-state index is -0.612. The second-order valence-electron chi connectivity index (χ2n) is 7.23. The van der Waals surface area contributed by atoms with Crippen molar-refractivity contribution in [3.63, 3.8) is 0 Å². The molecular formula is C22H21N3O6S. The predicted octanol–water partition coefficient (Wildman–Crippen LogP) is 3.32. The fourth-order valence-electron chi connectivity index (χ4n) is 3.54. The van der Waals surface area contributed by atoms with Crippen LogP contribution in [0, 0.1) is 10.1 Å². The maximum Gasteiger partial charge on any atom is 0.348 e. The molecule has 10 heteroatoms. The highest BCUT2D eigenvalue weighted by Gasteiger charge is 2.23. The SMILES string of the molecule is COc1ccc(N2CCN(C(=O)COC(=O)c3cc4cc([N+](=O)[O-])ccc4s3)CC2)cc1. The predicted molar refractivity (Wildman–Crippen MR) is 121 cm³/mol. The van der Waals surface area contributed by atoms with Crippen LogP contribution in [0.5, 0.6) is 5.75 Å². The molecule has 0 saturated carbocycles. The summed E-state index contributed by atoms with van der Waals surface area (Å²) >= 11 is 1.18. The highest BCUT2D eigenvalue weighted by molar-refractivity contribution is 7.20. The first kappa shape index (κ1) is 21.6. The van der Waals surface area contributed by atoms with Crippen LogP contribution in [0.25, 0.3) is 10.1 Å². The number of methoxy groups -OCH3 is 1. The van der Waals surface area contributed by atoms with E-state index in [1.165, 1.54) is 23.5 Å². The molecule has 1 aliphatic rings. The van der Waals surface area contributed by atoms with Crippen molar-refractivity contribution in [2.75, 3.05) is 44.8 Å². The molecule has 0 spiro atoms. The van der Waals surface area contributed by atoms with Gasteiger partial charge in [0.15, 0.2) is 6.61 Å². The topological polar surface area (TPSA) is 102 Å². The first-order valence-corrected chi connectivity index (χ1v) is 10.8. The molecule has 166 valence electrons. The van der Waals surface area contributed by atoms with E-state index in [4.69, 9.17) is 9.47 Å². The zero-order valence-electron chi connectivity index (χ0n) is 17.4. The lowest BCUT2D eigenvalue weighted by molar-refractivity contribution is -0.384. The van der Waals surface area contributed by atoms with E-state index in [-0.39, 0.29) is 18.2 Å². The van der Waals surface area contributed by atoms with Crippen molar-refractivity contribution in [3.05, 3.63) is 63.5 Å². The van der Waals surface area contributed by atoms with E-state index in [9.17, 15) is 19.7 Å². The van der Waals surface area contributed by atoms with Crippen LogP contribution in [0.4, 0.5) is 11.4 Å². The number of amides is 1. The number of piperazine rings is 1. The number of anilines is 1. The molecule has 0 bridgehead atoms. The Hall–Kier alpha value is -3.66. The number of esters is 1. The highest BCUT2D eigenvalue weighted by Crippen LogP contribution is 2.29. The number of carbonyl (C=O) groups excluding carboxylic acids is 2. The fourth-order valence-corrected chi connectivity index (χ4v) is 4.48. The molecule has 0 unspecified atom stereocenters. The monoisotopic (exact) mass is 455 g/mol. The maximum atomic E-state index is 12.5. The number of thiophene rings is 1. The smallest absolute Gasteiger partial charge is 0.348 e. The van der Waals surface area contributed by atoms with Crippen molar-refractivity contribution < 1.29 is 24.0 Å². The summed E-state index contributed by atoms with van der Waals surface area (Å²) in [7, 11) is 1.62. The summed E-state index contributed by atoms with van der Waals surface area (Å²) in [6.07, 6.45) is 0. The second kappa shape index (κ2) is 9.23. The number of rotatable bonds is 6. The zero-order chi connectivity index (χ0) is 22.7. The van der Waals surface area contributed by atoms with E-state index in [2.05, 4.69) is 4.90 Å². The van der Waals surface area contributed by atoms with E-state index in [1.807, 2.05) is 24.3 Å². The average molecular weight is 455 g/mol. The Bertz CT molecular complexity index is 1150. The van der Waals surface area contributed by atoms with E-state index >= 15 is 0 Å². The van der Waals surface area contributed by atoms with Gasteiger partial charge in [0.05, 0.1) is 12.0 Å². The number of hydrogen-bond donors (Lipinski definition) is 0. The van der Waals surface area contributed by atoms with Crippen molar-refractivity contribution >= 4 is 44.7 Å². The normalized spacial score (nSPS) is 13.8. The fraction of sp³-hybridized carbons (Fsp3) is 0.273. The summed E-state index contributed by atoms with van der Waals surface area (Å²) in [5, 5.41) is 11.5. The Kier molecular flexibility index (Phi) is 6.22. The molecular weight excluding hydrogens is 434 g/mol. The standard InChI is InChI=1S/C22H21N3O6S/c1-30-18-5-2-16(3-6-18)23-8-10-24(11-9-23)21(26)14-31-22(27)20-13-15-12-17(25(28)29)4-7-19(15)32-20/h2-7,12-13H,8-11,14H2,1H3. The molecule has 0 N–H and O–H groups in total. The van der Waals surface area contributed by atoms with Gasteiger partial charge >= 0.3 is 5.97 Å². The highest BCUT2D eigenvalue weighted by atomic mass is 32.1. The van der Waals surface area contributed by atoms with E-state index in [0.29, 0.717) is 36.4 Å². The van der Waals surface area contributed by atoms with Crippen molar-refractivity contribution in [1.29, 1.82) is 0 Å². The number of fused-ring (bicyclic) bond motifs is 1. The van der Waals surface area contributed by atoms with Gasteiger partial charge < -0.3 is 19.3 Å². The summed E-state index contributed by atoms with van der Waals surface area (Å²) < 4.78 is 11.1. The Labute approximate surface area is 187 Å². The Morgan fingerprint density at radius 3 is 2.44 bits per heavy atom. The lowest BCUT2D eigenvalue weighted by atomic mass is 10.2. The number of nitro groups is 1. The molecule has 0 radical (unpaired) electrons. The lowest BCUT2D eigenvalue weighted by Crippen LogP contribution is -2.49. The lowest BCUT2D eigenvalue weighted by Gasteiger charge is -2.36. The molecule has 1 fully saturated rings. The molecule has 1 saturated heterocycles. The van der Waals surface area contributed by atoms with Crippen molar-refractivity contribution in [2.24, 2.45) is 0 Å². The van der Waals surface area contributed by atoms with Crippen LogP contribution in [0.2, 0.25) is 0 Å². The van der Waals surface area contributed by atoms with Crippen molar-refractivity contribution in [2.45, 2.75) is 0 Å². The number of benzene rings is 2. The number of hydrogen-bond acceptors (Lipinski definition) is 8. The van der Waals surface area contributed by atoms with Crippen LogP contribution in [0.3, 0.4) is 0 Å². The average Bonchev–Trinajstić information content (AvgIpc) is 3.26. The summed E-state index contributed by atoms with van der Waals surface area (Å²) in [5.74, 6) is -0.0650. The quantitative estimate of drug-likeness (QED) is 0.319. The van der Waals surface area contributed by atoms with Gasteiger partial charge in [-0.15, -0.1) is 11.3 Å². The van der Waals surface area contributed by atoms with Crippen LogP contribution in [0.1, 0.15) is 9.67 Å².